The predicted octanol–water partition coefficient (Wildman–Crippen LogP) is 2.21. The first-order valence-corrected chi connectivity index (χ1v) is 7.31. The van der Waals surface area contributed by atoms with Crippen molar-refractivity contribution in [2.45, 2.75) is 26.2 Å². The highest BCUT2D eigenvalue weighted by Gasteiger charge is 2.15. The van der Waals surface area contributed by atoms with E-state index in [4.69, 9.17) is 4.74 Å². The topological polar surface area (TPSA) is 58.6 Å². The fourth-order valence-corrected chi connectivity index (χ4v) is 2.51. The number of likely N-dealkylation sites (tertiary alicyclic amines) is 1. The first-order chi connectivity index (χ1) is 10.1. The molecule has 1 heterocycles. The molecule has 0 spiro atoms. The molecule has 5 heteroatoms. The SMILES string of the molecule is COC(=O)c1ccc(C)c(NC(=O)CN2CCCCC2)c1. The Morgan fingerprint density at radius 3 is 2.62 bits per heavy atom. The number of nitrogens with zero attached hydrogens (tertiary/aromatic N) is 1. The molecule has 1 saturated heterocycles. The van der Waals surface area contributed by atoms with Crippen LogP contribution in [0.3, 0.4) is 0 Å². The molecule has 0 saturated carbocycles. The second kappa shape index (κ2) is 7.22. The Kier molecular flexibility index (Phi) is 5.33. The molecule has 2 rings (SSSR count). The minimum absolute atomic E-state index is 0.0398. The van der Waals surface area contributed by atoms with Gasteiger partial charge in [-0.3, -0.25) is 9.69 Å². The lowest BCUT2D eigenvalue weighted by molar-refractivity contribution is -0.117. The normalized spacial score (nSPS) is 15.5. The van der Waals surface area contributed by atoms with E-state index in [1.807, 2.05) is 13.0 Å². The zero-order valence-corrected chi connectivity index (χ0v) is 12.6. The van der Waals surface area contributed by atoms with Crippen LogP contribution in [0.25, 0.3) is 0 Å². The van der Waals surface area contributed by atoms with Crippen LogP contribution in [0.5, 0.6) is 0 Å². The summed E-state index contributed by atoms with van der Waals surface area (Å²) in [5, 5.41) is 2.89. The van der Waals surface area contributed by atoms with Crippen LogP contribution in [-0.4, -0.2) is 43.5 Å². The highest BCUT2D eigenvalue weighted by Crippen LogP contribution is 2.18. The standard InChI is InChI=1S/C16H22N2O3/c1-12-6-7-13(16(20)21-2)10-14(12)17-15(19)11-18-8-4-3-5-9-18/h6-7,10H,3-5,8-9,11H2,1-2H3,(H,17,19). The van der Waals surface area contributed by atoms with Crippen LogP contribution in [0.1, 0.15) is 35.2 Å². The summed E-state index contributed by atoms with van der Waals surface area (Å²) in [5.74, 6) is -0.441. The first kappa shape index (κ1) is 15.5. The molecular formula is C16H22N2O3. The van der Waals surface area contributed by atoms with Crippen LogP contribution >= 0.6 is 0 Å². The molecule has 1 amide bonds. The molecule has 1 aliphatic rings. The van der Waals surface area contributed by atoms with Crippen LogP contribution in [0.15, 0.2) is 18.2 Å². The second-order valence-electron chi connectivity index (χ2n) is 5.41. The fraction of sp³-hybridized carbons (Fsp3) is 0.500. The van der Waals surface area contributed by atoms with Gasteiger partial charge >= 0.3 is 5.97 Å². The number of methoxy groups -OCH3 is 1. The van der Waals surface area contributed by atoms with E-state index in [0.717, 1.165) is 31.5 Å². The number of benzene rings is 1. The Morgan fingerprint density at radius 1 is 1.24 bits per heavy atom. The van der Waals surface area contributed by atoms with E-state index >= 15 is 0 Å². The zero-order valence-electron chi connectivity index (χ0n) is 12.6. The number of rotatable bonds is 4. The van der Waals surface area contributed by atoms with E-state index in [0.29, 0.717) is 17.8 Å². The maximum atomic E-state index is 12.1. The highest BCUT2D eigenvalue weighted by molar-refractivity contribution is 5.96. The molecule has 1 aliphatic heterocycles. The molecule has 1 fully saturated rings. The van der Waals surface area contributed by atoms with Gasteiger partial charge in [0, 0.05) is 5.69 Å². The van der Waals surface area contributed by atoms with Crippen molar-refractivity contribution < 1.29 is 14.3 Å². The van der Waals surface area contributed by atoms with Gasteiger partial charge in [-0.1, -0.05) is 12.5 Å². The molecule has 0 aliphatic carbocycles. The average molecular weight is 290 g/mol. The molecule has 0 bridgehead atoms. The highest BCUT2D eigenvalue weighted by atomic mass is 16.5. The van der Waals surface area contributed by atoms with Crippen molar-refractivity contribution in [2.24, 2.45) is 0 Å². The molecule has 5 nitrogen and oxygen atoms in total. The third-order valence-electron chi connectivity index (χ3n) is 3.75. The number of carbonyl (C=O) groups is 2. The minimum atomic E-state index is -0.401. The van der Waals surface area contributed by atoms with Crippen molar-refractivity contribution in [3.05, 3.63) is 29.3 Å². The number of ether oxygens (including phenoxy) is 1. The van der Waals surface area contributed by atoms with Gasteiger partial charge in [-0.05, 0) is 50.6 Å². The summed E-state index contributed by atoms with van der Waals surface area (Å²) in [5.41, 5.74) is 2.03. The van der Waals surface area contributed by atoms with Crippen molar-refractivity contribution in [1.82, 2.24) is 4.90 Å². The van der Waals surface area contributed by atoms with Crippen LogP contribution in [0, 0.1) is 6.92 Å². The summed E-state index contributed by atoms with van der Waals surface area (Å²) in [7, 11) is 1.34. The molecule has 1 N–H and O–H groups in total. The fourth-order valence-electron chi connectivity index (χ4n) is 2.51. The Bertz CT molecular complexity index is 522. The predicted molar refractivity (Wildman–Crippen MR) is 81.4 cm³/mol. The quantitative estimate of drug-likeness (QED) is 0.864. The monoisotopic (exact) mass is 290 g/mol. The summed E-state index contributed by atoms with van der Waals surface area (Å²) < 4.78 is 4.70. The van der Waals surface area contributed by atoms with Gasteiger partial charge in [-0.15, -0.1) is 0 Å². The number of aryl methyl sites for hydroxylation is 1. The third kappa shape index (κ3) is 4.29. The Balaban J connectivity index is 2.00. The number of amides is 1. The lowest BCUT2D eigenvalue weighted by atomic mass is 10.1. The van der Waals surface area contributed by atoms with Gasteiger partial charge in [0.15, 0.2) is 0 Å². The maximum absolute atomic E-state index is 12.1. The van der Waals surface area contributed by atoms with Gasteiger partial charge < -0.3 is 10.1 Å². The van der Waals surface area contributed by atoms with Crippen molar-refractivity contribution in [3.8, 4) is 0 Å². The Morgan fingerprint density at radius 2 is 1.95 bits per heavy atom. The van der Waals surface area contributed by atoms with Gasteiger partial charge in [0.1, 0.15) is 0 Å². The summed E-state index contributed by atoms with van der Waals surface area (Å²) >= 11 is 0. The lowest BCUT2D eigenvalue weighted by Gasteiger charge is -2.25. The number of hydrogen-bond donors (Lipinski definition) is 1. The molecular weight excluding hydrogens is 268 g/mol. The van der Waals surface area contributed by atoms with E-state index < -0.39 is 5.97 Å². The van der Waals surface area contributed by atoms with Crippen molar-refractivity contribution in [2.75, 3.05) is 32.1 Å². The molecule has 21 heavy (non-hydrogen) atoms. The number of anilines is 1. The molecule has 0 radical (unpaired) electrons. The number of piperidine rings is 1. The number of carbonyl (C=O) groups excluding carboxylic acids is 2. The zero-order chi connectivity index (χ0) is 15.2. The third-order valence-corrected chi connectivity index (χ3v) is 3.75. The summed E-state index contributed by atoms with van der Waals surface area (Å²) in [6.45, 7) is 4.27. The smallest absolute Gasteiger partial charge is 0.337 e. The summed E-state index contributed by atoms with van der Waals surface area (Å²) in [6, 6.07) is 5.17. The molecule has 1 aromatic carbocycles. The molecule has 1 aromatic rings. The lowest BCUT2D eigenvalue weighted by Crippen LogP contribution is -2.36. The molecule has 0 aromatic heterocycles. The van der Waals surface area contributed by atoms with E-state index in [1.54, 1.807) is 12.1 Å². The minimum Gasteiger partial charge on any atom is -0.465 e. The summed E-state index contributed by atoms with van der Waals surface area (Å²) in [6.07, 6.45) is 3.56. The van der Waals surface area contributed by atoms with E-state index in [1.165, 1.54) is 13.5 Å². The van der Waals surface area contributed by atoms with E-state index in [-0.39, 0.29) is 5.91 Å². The number of esters is 1. The van der Waals surface area contributed by atoms with E-state index in [9.17, 15) is 9.59 Å². The van der Waals surface area contributed by atoms with Gasteiger partial charge in [-0.2, -0.15) is 0 Å². The van der Waals surface area contributed by atoms with Crippen molar-refractivity contribution in [3.63, 3.8) is 0 Å². The maximum Gasteiger partial charge on any atom is 0.337 e. The molecule has 0 atom stereocenters. The van der Waals surface area contributed by atoms with Gasteiger partial charge in [-0.25, -0.2) is 4.79 Å². The second-order valence-corrected chi connectivity index (χ2v) is 5.41. The Hall–Kier alpha value is -1.88. The molecule has 0 unspecified atom stereocenters. The summed E-state index contributed by atoms with van der Waals surface area (Å²) in [4.78, 5) is 25.8. The molecule has 114 valence electrons. The van der Waals surface area contributed by atoms with Crippen LogP contribution in [0.2, 0.25) is 0 Å². The largest absolute Gasteiger partial charge is 0.465 e. The first-order valence-electron chi connectivity index (χ1n) is 7.31. The van der Waals surface area contributed by atoms with Gasteiger partial charge in [0.05, 0.1) is 19.2 Å². The average Bonchev–Trinajstić information content (AvgIpc) is 2.49. The van der Waals surface area contributed by atoms with Crippen molar-refractivity contribution in [1.29, 1.82) is 0 Å². The van der Waals surface area contributed by atoms with Crippen LogP contribution in [0.4, 0.5) is 5.69 Å². The number of hydrogen-bond acceptors (Lipinski definition) is 4. The van der Waals surface area contributed by atoms with Crippen LogP contribution < -0.4 is 5.32 Å². The Labute approximate surface area is 125 Å². The van der Waals surface area contributed by atoms with Crippen LogP contribution in [-0.2, 0) is 9.53 Å². The van der Waals surface area contributed by atoms with Gasteiger partial charge in [0.25, 0.3) is 0 Å². The van der Waals surface area contributed by atoms with E-state index in [2.05, 4.69) is 10.2 Å². The van der Waals surface area contributed by atoms with Crippen molar-refractivity contribution >= 4 is 17.6 Å². The number of nitrogens with one attached hydrogen (secondary N) is 1. The van der Waals surface area contributed by atoms with Gasteiger partial charge in [0.2, 0.25) is 5.91 Å².